The van der Waals surface area contributed by atoms with E-state index in [-0.39, 0.29) is 6.04 Å². The second-order valence-corrected chi connectivity index (χ2v) is 5.20. The molecule has 0 spiro atoms. The van der Waals surface area contributed by atoms with Crippen LogP contribution < -0.4 is 5.32 Å². The van der Waals surface area contributed by atoms with Crippen molar-refractivity contribution in [3.8, 4) is 0 Å². The van der Waals surface area contributed by atoms with Gasteiger partial charge in [0.05, 0.1) is 0 Å². The van der Waals surface area contributed by atoms with Crippen LogP contribution in [0.5, 0.6) is 0 Å². The van der Waals surface area contributed by atoms with Crippen molar-refractivity contribution in [1.29, 1.82) is 0 Å². The summed E-state index contributed by atoms with van der Waals surface area (Å²) in [6, 6.07) is 2.71. The Bertz CT molecular complexity index is 411. The summed E-state index contributed by atoms with van der Waals surface area (Å²) in [5.74, 6) is -0.404. The van der Waals surface area contributed by atoms with Crippen LogP contribution in [0.3, 0.4) is 0 Å². The van der Waals surface area contributed by atoms with E-state index < -0.39 is 11.6 Å². The summed E-state index contributed by atoms with van der Waals surface area (Å²) in [6.07, 6.45) is 4.70. The van der Waals surface area contributed by atoms with Crippen molar-refractivity contribution in [3.63, 3.8) is 0 Å². The summed E-state index contributed by atoms with van der Waals surface area (Å²) in [4.78, 5) is 0. The van der Waals surface area contributed by atoms with Gasteiger partial charge < -0.3 is 5.32 Å². The number of halogens is 2. The summed E-state index contributed by atoms with van der Waals surface area (Å²) in [5, 5.41) is 3.37. The Hall–Kier alpha value is -0.960. The van der Waals surface area contributed by atoms with Crippen molar-refractivity contribution in [2.75, 3.05) is 6.54 Å². The van der Waals surface area contributed by atoms with Crippen molar-refractivity contribution >= 4 is 0 Å². The van der Waals surface area contributed by atoms with Gasteiger partial charge in [-0.05, 0) is 43.9 Å². The van der Waals surface area contributed by atoms with E-state index >= 15 is 0 Å². The van der Waals surface area contributed by atoms with Crippen molar-refractivity contribution < 1.29 is 8.78 Å². The highest BCUT2D eigenvalue weighted by Crippen LogP contribution is 2.37. The molecule has 1 N–H and O–H groups in total. The Morgan fingerprint density at radius 3 is 2.50 bits per heavy atom. The third-order valence-corrected chi connectivity index (χ3v) is 3.91. The Morgan fingerprint density at radius 2 is 1.89 bits per heavy atom. The lowest BCUT2D eigenvalue weighted by Gasteiger charge is -2.25. The molecule has 1 aliphatic carbocycles. The van der Waals surface area contributed by atoms with E-state index in [1.165, 1.54) is 12.8 Å². The highest BCUT2D eigenvalue weighted by Gasteiger charge is 2.28. The van der Waals surface area contributed by atoms with Gasteiger partial charge in [0.1, 0.15) is 11.6 Å². The van der Waals surface area contributed by atoms with Crippen molar-refractivity contribution in [1.82, 2.24) is 5.32 Å². The lowest BCUT2D eigenvalue weighted by Crippen LogP contribution is -2.28. The van der Waals surface area contributed by atoms with Crippen LogP contribution in [0.25, 0.3) is 0 Å². The van der Waals surface area contributed by atoms with Gasteiger partial charge in [-0.1, -0.05) is 19.8 Å². The molecule has 0 bridgehead atoms. The minimum Gasteiger partial charge on any atom is -0.310 e. The number of aryl methyl sites for hydroxylation is 1. The fourth-order valence-corrected chi connectivity index (χ4v) is 2.96. The number of rotatable bonds is 4. The monoisotopic (exact) mass is 253 g/mol. The van der Waals surface area contributed by atoms with Crippen molar-refractivity contribution in [3.05, 3.63) is 34.9 Å². The van der Waals surface area contributed by atoms with Gasteiger partial charge >= 0.3 is 0 Å². The summed E-state index contributed by atoms with van der Waals surface area (Å²) in [7, 11) is 0. The topological polar surface area (TPSA) is 12.0 Å². The Morgan fingerprint density at radius 1 is 1.22 bits per heavy atom. The molecule has 0 amide bonds. The van der Waals surface area contributed by atoms with Crippen LogP contribution in [-0.4, -0.2) is 6.54 Å². The molecule has 1 aliphatic rings. The largest absolute Gasteiger partial charge is 0.310 e. The molecule has 1 fully saturated rings. The molecular formula is C15H21F2N. The standard InChI is InChI=1S/C15H21F2N/c1-3-18-15(11-6-4-5-7-11)12-8-10(2)13(16)9-14(12)17/h8-9,11,15,18H,3-7H2,1-2H3. The minimum atomic E-state index is -0.460. The highest BCUT2D eigenvalue weighted by molar-refractivity contribution is 5.29. The second-order valence-electron chi connectivity index (χ2n) is 5.20. The molecule has 3 heteroatoms. The van der Waals surface area contributed by atoms with E-state index in [4.69, 9.17) is 0 Å². The first-order chi connectivity index (χ1) is 8.63. The summed E-state index contributed by atoms with van der Waals surface area (Å²) in [6.45, 7) is 4.52. The van der Waals surface area contributed by atoms with E-state index in [9.17, 15) is 8.78 Å². The number of nitrogens with one attached hydrogen (secondary N) is 1. The second kappa shape index (κ2) is 5.79. The molecule has 0 saturated heterocycles. The summed E-state index contributed by atoms with van der Waals surface area (Å²) < 4.78 is 27.3. The molecule has 1 aromatic carbocycles. The van der Waals surface area contributed by atoms with Gasteiger partial charge in [0.2, 0.25) is 0 Å². The third-order valence-electron chi connectivity index (χ3n) is 3.91. The highest BCUT2D eigenvalue weighted by atomic mass is 19.1. The van der Waals surface area contributed by atoms with Gasteiger partial charge in [0.25, 0.3) is 0 Å². The molecule has 100 valence electrons. The van der Waals surface area contributed by atoms with E-state index in [2.05, 4.69) is 5.32 Å². The van der Waals surface area contributed by atoms with Crippen LogP contribution in [0.4, 0.5) is 8.78 Å². The van der Waals surface area contributed by atoms with Gasteiger partial charge in [0.15, 0.2) is 0 Å². The average Bonchev–Trinajstić information content (AvgIpc) is 2.85. The predicted molar refractivity (Wildman–Crippen MR) is 69.5 cm³/mol. The van der Waals surface area contributed by atoms with Crippen LogP contribution in [0.2, 0.25) is 0 Å². The molecular weight excluding hydrogens is 232 g/mol. The van der Waals surface area contributed by atoms with Gasteiger partial charge in [-0.15, -0.1) is 0 Å². The molecule has 0 aliphatic heterocycles. The van der Waals surface area contributed by atoms with Gasteiger partial charge in [-0.3, -0.25) is 0 Å². The van der Waals surface area contributed by atoms with Crippen LogP contribution >= 0.6 is 0 Å². The maximum absolute atomic E-state index is 14.0. The normalized spacial score (nSPS) is 18.2. The fourth-order valence-electron chi connectivity index (χ4n) is 2.96. The van der Waals surface area contributed by atoms with Gasteiger partial charge in [0, 0.05) is 17.7 Å². The molecule has 1 saturated carbocycles. The molecule has 1 aromatic rings. The molecule has 1 nitrogen and oxygen atoms in total. The molecule has 0 radical (unpaired) electrons. The smallest absolute Gasteiger partial charge is 0.130 e. The zero-order valence-electron chi connectivity index (χ0n) is 11.1. The van der Waals surface area contributed by atoms with E-state index in [1.54, 1.807) is 13.0 Å². The van der Waals surface area contributed by atoms with Crippen molar-refractivity contribution in [2.45, 2.75) is 45.6 Å². The summed E-state index contributed by atoms with van der Waals surface area (Å²) in [5.41, 5.74) is 1.15. The molecule has 1 atom stereocenters. The molecule has 0 aromatic heterocycles. The van der Waals surface area contributed by atoms with Crippen LogP contribution in [0, 0.1) is 24.5 Å². The Balaban J connectivity index is 2.32. The van der Waals surface area contributed by atoms with E-state index in [0.717, 1.165) is 25.5 Å². The van der Waals surface area contributed by atoms with Crippen LogP contribution in [0.1, 0.15) is 49.8 Å². The maximum atomic E-state index is 14.0. The molecule has 1 unspecified atom stereocenters. The predicted octanol–water partition coefficient (Wildman–Crippen LogP) is 4.11. The lowest BCUT2D eigenvalue weighted by atomic mass is 9.90. The lowest BCUT2D eigenvalue weighted by molar-refractivity contribution is 0.362. The van der Waals surface area contributed by atoms with Crippen LogP contribution in [0.15, 0.2) is 12.1 Å². The van der Waals surface area contributed by atoms with Gasteiger partial charge in [-0.2, -0.15) is 0 Å². The average molecular weight is 253 g/mol. The van der Waals surface area contributed by atoms with E-state index in [0.29, 0.717) is 17.0 Å². The zero-order valence-corrected chi connectivity index (χ0v) is 11.1. The molecule has 18 heavy (non-hydrogen) atoms. The summed E-state index contributed by atoms with van der Waals surface area (Å²) >= 11 is 0. The van der Waals surface area contributed by atoms with Gasteiger partial charge in [-0.25, -0.2) is 8.78 Å². The first-order valence-corrected chi connectivity index (χ1v) is 6.82. The first-order valence-electron chi connectivity index (χ1n) is 6.82. The Kier molecular flexibility index (Phi) is 4.33. The number of hydrogen-bond acceptors (Lipinski definition) is 1. The SMILES string of the molecule is CCNC(c1cc(C)c(F)cc1F)C1CCCC1. The fraction of sp³-hybridized carbons (Fsp3) is 0.600. The quantitative estimate of drug-likeness (QED) is 0.851. The van der Waals surface area contributed by atoms with Crippen LogP contribution in [-0.2, 0) is 0 Å². The number of benzene rings is 1. The maximum Gasteiger partial charge on any atom is 0.130 e. The zero-order chi connectivity index (χ0) is 13.1. The van der Waals surface area contributed by atoms with E-state index in [1.807, 2.05) is 6.92 Å². The minimum absolute atomic E-state index is 0.0248. The van der Waals surface area contributed by atoms with Crippen molar-refractivity contribution in [2.24, 2.45) is 5.92 Å². The number of hydrogen-bond donors (Lipinski definition) is 1. The third kappa shape index (κ3) is 2.72. The Labute approximate surface area is 108 Å². The first kappa shape index (κ1) is 13.5. The molecule has 2 rings (SSSR count). The molecule has 0 heterocycles.